The molecule has 0 radical (unpaired) electrons. The highest BCUT2D eigenvalue weighted by Crippen LogP contribution is 2.18. The summed E-state index contributed by atoms with van der Waals surface area (Å²) in [5.41, 5.74) is 0. The zero-order valence-corrected chi connectivity index (χ0v) is 9.06. The minimum atomic E-state index is -1.08. The van der Waals surface area contributed by atoms with E-state index in [1.807, 2.05) is 0 Å². The van der Waals surface area contributed by atoms with Crippen LogP contribution in [0.5, 0.6) is 0 Å². The summed E-state index contributed by atoms with van der Waals surface area (Å²) in [5, 5.41) is 15.7. The van der Waals surface area contributed by atoms with Gasteiger partial charge in [0.25, 0.3) is 0 Å². The van der Waals surface area contributed by atoms with E-state index >= 15 is 0 Å². The topological polar surface area (TPSA) is 91.3 Å². The van der Waals surface area contributed by atoms with E-state index < -0.39 is 11.9 Å². The lowest BCUT2D eigenvalue weighted by Crippen LogP contribution is -2.33. The van der Waals surface area contributed by atoms with E-state index in [0.717, 1.165) is 0 Å². The Hall–Kier alpha value is -1.34. The SMILES string of the molecule is O=C(O)CNC(=O)CNc1nc(Cl)cs1. The lowest BCUT2D eigenvalue weighted by molar-refractivity contribution is -0.137. The first-order chi connectivity index (χ1) is 7.08. The maximum absolute atomic E-state index is 11.0. The van der Waals surface area contributed by atoms with Crippen LogP contribution < -0.4 is 10.6 Å². The molecule has 1 rings (SSSR count). The second kappa shape index (κ2) is 5.52. The molecule has 0 saturated carbocycles. The van der Waals surface area contributed by atoms with Crippen LogP contribution >= 0.6 is 22.9 Å². The molecule has 0 aromatic carbocycles. The third-order valence-corrected chi connectivity index (χ3v) is 2.44. The summed E-state index contributed by atoms with van der Waals surface area (Å²) >= 11 is 6.82. The van der Waals surface area contributed by atoms with E-state index in [0.29, 0.717) is 10.3 Å². The molecule has 0 aliphatic carbocycles. The third-order valence-electron chi connectivity index (χ3n) is 1.31. The van der Waals surface area contributed by atoms with Gasteiger partial charge in [-0.05, 0) is 0 Å². The molecule has 0 aliphatic heterocycles. The van der Waals surface area contributed by atoms with Crippen molar-refractivity contribution in [3.05, 3.63) is 10.5 Å². The van der Waals surface area contributed by atoms with Crippen molar-refractivity contribution < 1.29 is 14.7 Å². The number of thiazole rings is 1. The smallest absolute Gasteiger partial charge is 0.322 e. The van der Waals surface area contributed by atoms with Gasteiger partial charge in [0.1, 0.15) is 11.7 Å². The van der Waals surface area contributed by atoms with Crippen molar-refractivity contribution >= 4 is 39.9 Å². The maximum atomic E-state index is 11.0. The molecule has 0 saturated heterocycles. The van der Waals surface area contributed by atoms with Crippen molar-refractivity contribution in [1.82, 2.24) is 10.3 Å². The van der Waals surface area contributed by atoms with E-state index in [1.165, 1.54) is 11.3 Å². The highest BCUT2D eigenvalue weighted by Gasteiger charge is 2.05. The Balaban J connectivity index is 2.25. The predicted octanol–water partition coefficient (Wildman–Crippen LogP) is 0.409. The highest BCUT2D eigenvalue weighted by molar-refractivity contribution is 7.14. The van der Waals surface area contributed by atoms with Gasteiger partial charge in [0.15, 0.2) is 5.13 Å². The number of carbonyl (C=O) groups excluding carboxylic acids is 1. The molecule has 15 heavy (non-hydrogen) atoms. The van der Waals surface area contributed by atoms with Crippen molar-refractivity contribution in [2.24, 2.45) is 0 Å². The first-order valence-corrected chi connectivity index (χ1v) is 5.17. The van der Waals surface area contributed by atoms with Crippen LogP contribution in [-0.2, 0) is 9.59 Å². The number of hydrogen-bond acceptors (Lipinski definition) is 5. The number of amides is 1. The molecular weight excluding hydrogens is 242 g/mol. The molecule has 1 aromatic rings. The van der Waals surface area contributed by atoms with Crippen LogP contribution in [0.1, 0.15) is 0 Å². The van der Waals surface area contributed by atoms with Crippen LogP contribution in [0.3, 0.4) is 0 Å². The number of hydrogen-bond donors (Lipinski definition) is 3. The second-order valence-electron chi connectivity index (χ2n) is 2.50. The quantitative estimate of drug-likeness (QED) is 0.703. The van der Waals surface area contributed by atoms with Crippen LogP contribution in [0.4, 0.5) is 5.13 Å². The molecule has 8 heteroatoms. The van der Waals surface area contributed by atoms with Gasteiger partial charge in [-0.25, -0.2) is 4.98 Å². The number of nitrogens with zero attached hydrogens (tertiary/aromatic N) is 1. The molecule has 82 valence electrons. The molecule has 0 unspecified atom stereocenters. The van der Waals surface area contributed by atoms with Crippen LogP contribution in [0.25, 0.3) is 0 Å². The first kappa shape index (κ1) is 11.7. The van der Waals surface area contributed by atoms with Gasteiger partial charge in [-0.15, -0.1) is 11.3 Å². The summed E-state index contributed by atoms with van der Waals surface area (Å²) in [6.45, 7) is -0.420. The van der Waals surface area contributed by atoms with Crippen LogP contribution in [0.2, 0.25) is 5.15 Å². The van der Waals surface area contributed by atoms with Crippen molar-refractivity contribution in [2.45, 2.75) is 0 Å². The van der Waals surface area contributed by atoms with Gasteiger partial charge in [0.05, 0.1) is 6.54 Å². The number of carboxylic acids is 1. The van der Waals surface area contributed by atoms with Gasteiger partial charge in [-0.1, -0.05) is 11.6 Å². The maximum Gasteiger partial charge on any atom is 0.322 e. The molecule has 1 amide bonds. The summed E-state index contributed by atoms with van der Waals surface area (Å²) in [6.07, 6.45) is 0. The Morgan fingerprint density at radius 1 is 1.53 bits per heavy atom. The third kappa shape index (κ3) is 4.61. The summed E-state index contributed by atoms with van der Waals surface area (Å²) in [6, 6.07) is 0. The minimum Gasteiger partial charge on any atom is -0.480 e. The molecule has 3 N–H and O–H groups in total. The second-order valence-corrected chi connectivity index (χ2v) is 3.74. The Labute approximate surface area is 94.3 Å². The van der Waals surface area contributed by atoms with Crippen molar-refractivity contribution in [3.63, 3.8) is 0 Å². The number of halogens is 1. The average molecular weight is 250 g/mol. The monoisotopic (exact) mass is 249 g/mol. The minimum absolute atomic E-state index is 0.0306. The summed E-state index contributed by atoms with van der Waals surface area (Å²) in [5.74, 6) is -1.50. The lowest BCUT2D eigenvalue weighted by atomic mass is 10.5. The summed E-state index contributed by atoms with van der Waals surface area (Å²) in [4.78, 5) is 25.0. The molecule has 6 nitrogen and oxygen atoms in total. The van der Waals surface area contributed by atoms with Gasteiger partial charge in [0, 0.05) is 5.38 Å². The number of aromatic nitrogens is 1. The summed E-state index contributed by atoms with van der Waals surface area (Å²) in [7, 11) is 0. The number of carbonyl (C=O) groups is 2. The van der Waals surface area contributed by atoms with E-state index in [-0.39, 0.29) is 13.1 Å². The molecule has 0 aliphatic rings. The van der Waals surface area contributed by atoms with Crippen molar-refractivity contribution in [1.29, 1.82) is 0 Å². The van der Waals surface area contributed by atoms with Crippen molar-refractivity contribution in [2.75, 3.05) is 18.4 Å². The normalized spacial score (nSPS) is 9.67. The van der Waals surface area contributed by atoms with Gasteiger partial charge in [-0.3, -0.25) is 9.59 Å². The van der Waals surface area contributed by atoms with Gasteiger partial charge in [-0.2, -0.15) is 0 Å². The molecule has 1 heterocycles. The fourth-order valence-corrected chi connectivity index (χ4v) is 1.56. The van der Waals surface area contributed by atoms with Crippen LogP contribution in [0, 0.1) is 0 Å². The molecule has 0 fully saturated rings. The van der Waals surface area contributed by atoms with E-state index in [9.17, 15) is 9.59 Å². The first-order valence-electron chi connectivity index (χ1n) is 3.91. The summed E-state index contributed by atoms with van der Waals surface area (Å²) < 4.78 is 0. The Kier molecular flexibility index (Phi) is 4.32. The van der Waals surface area contributed by atoms with Gasteiger partial charge >= 0.3 is 5.97 Å². The number of nitrogens with one attached hydrogen (secondary N) is 2. The fourth-order valence-electron chi connectivity index (χ4n) is 0.728. The predicted molar refractivity (Wildman–Crippen MR) is 56.3 cm³/mol. The van der Waals surface area contributed by atoms with Crippen LogP contribution in [0.15, 0.2) is 5.38 Å². The number of aliphatic carboxylic acids is 1. The number of carboxylic acid groups (broad SMARTS) is 1. The fraction of sp³-hybridized carbons (Fsp3) is 0.286. The highest BCUT2D eigenvalue weighted by atomic mass is 35.5. The molecule has 0 spiro atoms. The molecular formula is C7H8ClN3O3S. The number of rotatable bonds is 5. The zero-order chi connectivity index (χ0) is 11.3. The van der Waals surface area contributed by atoms with Crippen molar-refractivity contribution in [3.8, 4) is 0 Å². The van der Waals surface area contributed by atoms with E-state index in [2.05, 4.69) is 15.6 Å². The molecule has 0 atom stereocenters. The average Bonchev–Trinajstić information content (AvgIpc) is 2.58. The Morgan fingerprint density at radius 2 is 2.27 bits per heavy atom. The lowest BCUT2D eigenvalue weighted by Gasteiger charge is -2.02. The van der Waals surface area contributed by atoms with E-state index in [4.69, 9.17) is 16.7 Å². The van der Waals surface area contributed by atoms with Gasteiger partial charge < -0.3 is 15.7 Å². The largest absolute Gasteiger partial charge is 0.480 e. The van der Waals surface area contributed by atoms with Gasteiger partial charge in [0.2, 0.25) is 5.91 Å². The zero-order valence-electron chi connectivity index (χ0n) is 7.49. The molecule has 0 bridgehead atoms. The molecule has 1 aromatic heterocycles. The number of anilines is 1. The standard InChI is InChI=1S/C7H8ClN3O3S/c8-4-3-15-7(11-4)10-1-5(12)9-2-6(13)14/h3H,1-2H2,(H,9,12)(H,10,11)(H,13,14). The Morgan fingerprint density at radius 3 is 2.80 bits per heavy atom. The van der Waals surface area contributed by atoms with E-state index in [1.54, 1.807) is 5.38 Å². The van der Waals surface area contributed by atoms with Crippen LogP contribution in [-0.4, -0.2) is 35.1 Å². The Bertz CT molecular complexity index is 368.